The summed E-state index contributed by atoms with van der Waals surface area (Å²) in [4.78, 5) is 33.8. The predicted molar refractivity (Wildman–Crippen MR) is 96.8 cm³/mol. The van der Waals surface area contributed by atoms with Crippen LogP contribution in [-0.2, 0) is 24.1 Å². The highest BCUT2D eigenvalue weighted by Gasteiger charge is 2.21. The van der Waals surface area contributed by atoms with E-state index in [-0.39, 0.29) is 17.9 Å². The van der Waals surface area contributed by atoms with Crippen LogP contribution in [0.3, 0.4) is 0 Å². The molecule has 26 heavy (non-hydrogen) atoms. The van der Waals surface area contributed by atoms with Gasteiger partial charge in [-0.15, -0.1) is 0 Å². The molecule has 0 fully saturated rings. The number of carbonyl (C=O) groups is 1. The Bertz CT molecular complexity index is 876. The normalized spacial score (nSPS) is 13.7. The van der Waals surface area contributed by atoms with Crippen molar-refractivity contribution in [3.05, 3.63) is 51.2 Å². The van der Waals surface area contributed by atoms with Gasteiger partial charge in [-0.2, -0.15) is 0 Å². The molecule has 7 heteroatoms. The zero-order valence-electron chi connectivity index (χ0n) is 15.3. The Labute approximate surface area is 152 Å². The molecule has 0 bridgehead atoms. The fourth-order valence-electron chi connectivity index (χ4n) is 3.26. The first kappa shape index (κ1) is 18.0. The fourth-order valence-corrected chi connectivity index (χ4v) is 3.26. The highest BCUT2D eigenvalue weighted by atomic mass is 16.5. The Balaban J connectivity index is 1.72. The van der Waals surface area contributed by atoms with Gasteiger partial charge in [0.2, 0.25) is 5.91 Å². The van der Waals surface area contributed by atoms with Crippen LogP contribution in [0.15, 0.2) is 23.0 Å². The average Bonchev–Trinajstić information content (AvgIpc) is 2.84. The summed E-state index contributed by atoms with van der Waals surface area (Å²) in [5.74, 6) is 1.87. The minimum absolute atomic E-state index is 0.0261. The van der Waals surface area contributed by atoms with Gasteiger partial charge in [-0.3, -0.25) is 9.59 Å². The molecule has 0 aliphatic carbocycles. The molecule has 0 spiro atoms. The number of ether oxygens (including phenoxy) is 2. The van der Waals surface area contributed by atoms with Crippen LogP contribution in [0.5, 0.6) is 11.5 Å². The Morgan fingerprint density at radius 2 is 1.92 bits per heavy atom. The Morgan fingerprint density at radius 1 is 1.19 bits per heavy atom. The Hall–Kier alpha value is -2.83. The summed E-state index contributed by atoms with van der Waals surface area (Å²) in [5, 5.41) is 0. The summed E-state index contributed by atoms with van der Waals surface area (Å²) < 4.78 is 10.5. The number of nitrogens with zero attached hydrogens (tertiary/aromatic N) is 2. The van der Waals surface area contributed by atoms with Crippen molar-refractivity contribution in [2.45, 2.75) is 26.2 Å². The maximum Gasteiger partial charge on any atom is 0.254 e. The zero-order chi connectivity index (χ0) is 18.7. The molecule has 1 aliphatic rings. The number of amides is 1. The molecule has 138 valence electrons. The van der Waals surface area contributed by atoms with Gasteiger partial charge in [0.05, 0.1) is 26.3 Å². The molecule has 0 unspecified atom stereocenters. The molecule has 2 aromatic rings. The Morgan fingerprint density at radius 3 is 2.65 bits per heavy atom. The van der Waals surface area contributed by atoms with E-state index in [4.69, 9.17) is 9.47 Å². The molecule has 0 atom stereocenters. The standard InChI is InChI=1S/C19H23N3O4/c1-12-20-15-7-9-22(8-6-14(15)19(24)21-12)18(23)11-13-4-5-16(25-2)17(10-13)26-3/h4-5,10H,6-9,11H2,1-3H3,(H,20,21,24). The van der Waals surface area contributed by atoms with Gasteiger partial charge in [-0.1, -0.05) is 6.07 Å². The average molecular weight is 357 g/mol. The molecule has 1 aliphatic heterocycles. The lowest BCUT2D eigenvalue weighted by molar-refractivity contribution is -0.130. The van der Waals surface area contributed by atoms with Gasteiger partial charge in [-0.05, 0) is 31.0 Å². The van der Waals surface area contributed by atoms with E-state index in [2.05, 4.69) is 9.97 Å². The van der Waals surface area contributed by atoms with E-state index in [1.54, 1.807) is 32.1 Å². The second kappa shape index (κ2) is 7.59. The number of nitrogens with one attached hydrogen (secondary N) is 1. The van der Waals surface area contributed by atoms with Crippen LogP contribution in [0, 0.1) is 6.92 Å². The quantitative estimate of drug-likeness (QED) is 0.891. The molecule has 7 nitrogen and oxygen atoms in total. The molecule has 1 aromatic heterocycles. The van der Waals surface area contributed by atoms with Crippen LogP contribution in [0.25, 0.3) is 0 Å². The van der Waals surface area contributed by atoms with E-state index in [0.29, 0.717) is 48.8 Å². The highest BCUT2D eigenvalue weighted by molar-refractivity contribution is 5.79. The molecule has 0 saturated carbocycles. The minimum atomic E-state index is -0.0957. The van der Waals surface area contributed by atoms with Gasteiger partial charge < -0.3 is 19.4 Å². The number of benzene rings is 1. The minimum Gasteiger partial charge on any atom is -0.493 e. The summed E-state index contributed by atoms with van der Waals surface area (Å²) in [6, 6.07) is 5.48. The largest absolute Gasteiger partial charge is 0.493 e. The summed E-state index contributed by atoms with van der Waals surface area (Å²) >= 11 is 0. The smallest absolute Gasteiger partial charge is 0.254 e. The van der Waals surface area contributed by atoms with Crippen molar-refractivity contribution in [1.82, 2.24) is 14.9 Å². The van der Waals surface area contributed by atoms with Gasteiger partial charge >= 0.3 is 0 Å². The fraction of sp³-hybridized carbons (Fsp3) is 0.421. The maximum atomic E-state index is 12.7. The number of aromatic nitrogens is 2. The molecule has 1 N–H and O–H groups in total. The number of carbonyl (C=O) groups excluding carboxylic acids is 1. The summed E-state index contributed by atoms with van der Waals surface area (Å²) in [5.41, 5.74) is 2.26. The summed E-state index contributed by atoms with van der Waals surface area (Å²) in [6.07, 6.45) is 1.40. The van der Waals surface area contributed by atoms with Gasteiger partial charge in [-0.25, -0.2) is 4.98 Å². The van der Waals surface area contributed by atoms with Crippen LogP contribution in [-0.4, -0.2) is 48.1 Å². The van der Waals surface area contributed by atoms with E-state index >= 15 is 0 Å². The third-order valence-corrected chi connectivity index (χ3v) is 4.63. The summed E-state index contributed by atoms with van der Waals surface area (Å²) in [7, 11) is 3.15. The monoisotopic (exact) mass is 357 g/mol. The van der Waals surface area contributed by atoms with Gasteiger partial charge in [0.25, 0.3) is 5.56 Å². The van der Waals surface area contributed by atoms with Crippen molar-refractivity contribution >= 4 is 5.91 Å². The first-order valence-corrected chi connectivity index (χ1v) is 8.59. The van der Waals surface area contributed by atoms with Crippen LogP contribution in [0.4, 0.5) is 0 Å². The van der Waals surface area contributed by atoms with Crippen molar-refractivity contribution < 1.29 is 14.3 Å². The second-order valence-electron chi connectivity index (χ2n) is 6.32. The number of hydrogen-bond donors (Lipinski definition) is 1. The zero-order valence-corrected chi connectivity index (χ0v) is 15.3. The number of fused-ring (bicyclic) bond motifs is 1. The lowest BCUT2D eigenvalue weighted by Crippen LogP contribution is -2.34. The number of methoxy groups -OCH3 is 2. The van der Waals surface area contributed by atoms with E-state index in [1.165, 1.54) is 0 Å². The lowest BCUT2D eigenvalue weighted by Gasteiger charge is -2.20. The second-order valence-corrected chi connectivity index (χ2v) is 6.32. The van der Waals surface area contributed by atoms with E-state index < -0.39 is 0 Å². The topological polar surface area (TPSA) is 84.5 Å². The number of rotatable bonds is 4. The van der Waals surface area contributed by atoms with Crippen LogP contribution in [0.2, 0.25) is 0 Å². The number of aryl methyl sites for hydroxylation is 1. The Kier molecular flexibility index (Phi) is 5.25. The maximum absolute atomic E-state index is 12.7. The SMILES string of the molecule is COc1ccc(CC(=O)N2CCc3nc(C)[nH]c(=O)c3CC2)cc1OC. The van der Waals surface area contributed by atoms with Gasteiger partial charge in [0.1, 0.15) is 5.82 Å². The molecule has 1 aromatic carbocycles. The van der Waals surface area contributed by atoms with Crippen molar-refractivity contribution in [1.29, 1.82) is 0 Å². The van der Waals surface area contributed by atoms with Crippen molar-refractivity contribution in [2.75, 3.05) is 27.3 Å². The number of H-pyrrole nitrogens is 1. The number of aromatic amines is 1. The van der Waals surface area contributed by atoms with Crippen LogP contribution >= 0.6 is 0 Å². The van der Waals surface area contributed by atoms with Gasteiger partial charge in [0.15, 0.2) is 11.5 Å². The lowest BCUT2D eigenvalue weighted by atomic mass is 10.1. The molecule has 3 rings (SSSR count). The highest BCUT2D eigenvalue weighted by Crippen LogP contribution is 2.28. The third-order valence-electron chi connectivity index (χ3n) is 4.63. The molecular formula is C19H23N3O4. The molecule has 1 amide bonds. The summed E-state index contributed by atoms with van der Waals surface area (Å²) in [6.45, 7) is 2.86. The first-order chi connectivity index (χ1) is 12.5. The van der Waals surface area contributed by atoms with Crippen molar-refractivity contribution in [3.63, 3.8) is 0 Å². The molecule has 0 saturated heterocycles. The molecule has 0 radical (unpaired) electrons. The number of hydrogen-bond acceptors (Lipinski definition) is 5. The third kappa shape index (κ3) is 3.71. The van der Waals surface area contributed by atoms with Crippen LogP contribution < -0.4 is 15.0 Å². The molecular weight excluding hydrogens is 334 g/mol. The van der Waals surface area contributed by atoms with Crippen LogP contribution in [0.1, 0.15) is 22.6 Å². The van der Waals surface area contributed by atoms with E-state index in [0.717, 1.165) is 11.3 Å². The van der Waals surface area contributed by atoms with E-state index in [1.807, 2.05) is 12.1 Å². The van der Waals surface area contributed by atoms with Gasteiger partial charge in [0, 0.05) is 25.1 Å². The first-order valence-electron chi connectivity index (χ1n) is 8.59. The van der Waals surface area contributed by atoms with Crippen molar-refractivity contribution in [2.24, 2.45) is 0 Å². The van der Waals surface area contributed by atoms with Crippen molar-refractivity contribution in [3.8, 4) is 11.5 Å². The van der Waals surface area contributed by atoms with E-state index in [9.17, 15) is 9.59 Å². The molecule has 2 heterocycles. The predicted octanol–water partition coefficient (Wildman–Crippen LogP) is 1.27.